The molecular formula is C10H10N2O2. The van der Waals surface area contributed by atoms with Gasteiger partial charge in [-0.15, -0.1) is 0 Å². The standard InChI is InChI=1S/C10H10N2O2/c1-7(13)9-6-12-10(14-9)8-2-4-11-5-3-8/h2-7,13H,1H3. The van der Waals surface area contributed by atoms with Crippen molar-refractivity contribution < 1.29 is 9.52 Å². The van der Waals surface area contributed by atoms with Gasteiger partial charge in [-0.3, -0.25) is 4.98 Å². The van der Waals surface area contributed by atoms with Crippen LogP contribution in [-0.2, 0) is 0 Å². The summed E-state index contributed by atoms with van der Waals surface area (Å²) in [5.41, 5.74) is 0.854. The fourth-order valence-electron chi connectivity index (χ4n) is 1.11. The first-order chi connectivity index (χ1) is 6.77. The minimum atomic E-state index is -0.627. The predicted molar refractivity (Wildman–Crippen MR) is 50.4 cm³/mol. The zero-order chi connectivity index (χ0) is 9.97. The fourth-order valence-corrected chi connectivity index (χ4v) is 1.11. The van der Waals surface area contributed by atoms with Gasteiger partial charge < -0.3 is 9.52 Å². The van der Waals surface area contributed by atoms with E-state index in [9.17, 15) is 5.11 Å². The predicted octanol–water partition coefficient (Wildman–Crippen LogP) is 1.79. The summed E-state index contributed by atoms with van der Waals surface area (Å²) < 4.78 is 5.34. The molecular weight excluding hydrogens is 180 g/mol. The normalized spacial score (nSPS) is 12.7. The highest BCUT2D eigenvalue weighted by Crippen LogP contribution is 2.21. The number of aromatic nitrogens is 2. The van der Waals surface area contributed by atoms with Gasteiger partial charge in [0.25, 0.3) is 0 Å². The highest BCUT2D eigenvalue weighted by atomic mass is 16.4. The second-order valence-corrected chi connectivity index (χ2v) is 2.98. The van der Waals surface area contributed by atoms with Gasteiger partial charge in [-0.25, -0.2) is 4.98 Å². The number of oxazole rings is 1. The van der Waals surface area contributed by atoms with E-state index in [2.05, 4.69) is 9.97 Å². The van der Waals surface area contributed by atoms with Gasteiger partial charge in [0.1, 0.15) is 6.10 Å². The maximum Gasteiger partial charge on any atom is 0.226 e. The smallest absolute Gasteiger partial charge is 0.226 e. The van der Waals surface area contributed by atoms with Crippen molar-refractivity contribution in [2.24, 2.45) is 0 Å². The zero-order valence-electron chi connectivity index (χ0n) is 7.71. The largest absolute Gasteiger partial charge is 0.438 e. The van der Waals surface area contributed by atoms with Crippen molar-refractivity contribution in [2.75, 3.05) is 0 Å². The van der Waals surface area contributed by atoms with Crippen LogP contribution in [-0.4, -0.2) is 15.1 Å². The lowest BCUT2D eigenvalue weighted by Gasteiger charge is -1.96. The van der Waals surface area contributed by atoms with Gasteiger partial charge in [-0.1, -0.05) is 0 Å². The second-order valence-electron chi connectivity index (χ2n) is 2.98. The maximum atomic E-state index is 9.24. The molecule has 2 rings (SSSR count). The summed E-state index contributed by atoms with van der Waals surface area (Å²) in [6.07, 6.45) is 4.24. The van der Waals surface area contributed by atoms with Crippen molar-refractivity contribution >= 4 is 0 Å². The Balaban J connectivity index is 2.34. The Hall–Kier alpha value is -1.68. The van der Waals surface area contributed by atoms with Crippen molar-refractivity contribution in [3.63, 3.8) is 0 Å². The van der Waals surface area contributed by atoms with Crippen molar-refractivity contribution in [2.45, 2.75) is 13.0 Å². The van der Waals surface area contributed by atoms with E-state index >= 15 is 0 Å². The van der Waals surface area contributed by atoms with Gasteiger partial charge in [0.05, 0.1) is 6.20 Å². The third-order valence-corrected chi connectivity index (χ3v) is 1.86. The molecule has 0 aliphatic rings. The first kappa shape index (κ1) is 8.90. The van der Waals surface area contributed by atoms with Crippen LogP contribution in [0.1, 0.15) is 18.8 Å². The van der Waals surface area contributed by atoms with Crippen LogP contribution in [0.4, 0.5) is 0 Å². The van der Waals surface area contributed by atoms with Crippen LogP contribution >= 0.6 is 0 Å². The molecule has 0 saturated carbocycles. The molecule has 0 bridgehead atoms. The minimum Gasteiger partial charge on any atom is -0.438 e. The Bertz CT molecular complexity index is 409. The Labute approximate surface area is 81.2 Å². The van der Waals surface area contributed by atoms with Crippen molar-refractivity contribution in [3.8, 4) is 11.5 Å². The lowest BCUT2D eigenvalue weighted by Crippen LogP contribution is -1.85. The van der Waals surface area contributed by atoms with Crippen molar-refractivity contribution in [1.29, 1.82) is 0 Å². The first-order valence-corrected chi connectivity index (χ1v) is 4.31. The fraction of sp³-hybridized carbons (Fsp3) is 0.200. The third-order valence-electron chi connectivity index (χ3n) is 1.86. The zero-order valence-corrected chi connectivity index (χ0v) is 7.71. The molecule has 1 unspecified atom stereocenters. The Morgan fingerprint density at radius 2 is 2.07 bits per heavy atom. The van der Waals surface area contributed by atoms with E-state index in [1.807, 2.05) is 0 Å². The van der Waals surface area contributed by atoms with Gasteiger partial charge >= 0.3 is 0 Å². The molecule has 4 nitrogen and oxygen atoms in total. The van der Waals surface area contributed by atoms with Crippen LogP contribution in [0.15, 0.2) is 35.1 Å². The maximum absolute atomic E-state index is 9.24. The van der Waals surface area contributed by atoms with E-state index in [1.54, 1.807) is 31.5 Å². The lowest BCUT2D eigenvalue weighted by molar-refractivity contribution is 0.170. The molecule has 0 radical (unpaired) electrons. The molecule has 0 saturated heterocycles. The van der Waals surface area contributed by atoms with Gasteiger partial charge in [-0.05, 0) is 19.1 Å². The van der Waals surface area contributed by atoms with Crippen LogP contribution < -0.4 is 0 Å². The van der Waals surface area contributed by atoms with Gasteiger partial charge in [0.15, 0.2) is 5.76 Å². The van der Waals surface area contributed by atoms with Crippen LogP contribution in [0.2, 0.25) is 0 Å². The number of nitrogens with zero attached hydrogens (tertiary/aromatic N) is 2. The Morgan fingerprint density at radius 3 is 2.64 bits per heavy atom. The van der Waals surface area contributed by atoms with E-state index in [0.29, 0.717) is 11.7 Å². The Morgan fingerprint density at radius 1 is 1.36 bits per heavy atom. The summed E-state index contributed by atoms with van der Waals surface area (Å²) in [6, 6.07) is 3.61. The third kappa shape index (κ3) is 1.65. The number of hydrogen-bond acceptors (Lipinski definition) is 4. The van der Waals surface area contributed by atoms with E-state index in [1.165, 1.54) is 6.20 Å². The molecule has 0 spiro atoms. The molecule has 72 valence electrons. The molecule has 0 amide bonds. The number of pyridine rings is 1. The SMILES string of the molecule is CC(O)c1cnc(-c2ccncc2)o1. The average Bonchev–Trinajstić information content (AvgIpc) is 2.68. The molecule has 0 aromatic carbocycles. The van der Waals surface area contributed by atoms with E-state index < -0.39 is 6.10 Å². The highest BCUT2D eigenvalue weighted by molar-refractivity contribution is 5.51. The molecule has 0 fully saturated rings. The van der Waals surface area contributed by atoms with Crippen molar-refractivity contribution in [1.82, 2.24) is 9.97 Å². The topological polar surface area (TPSA) is 59.2 Å². The summed E-state index contributed by atoms with van der Waals surface area (Å²) in [7, 11) is 0. The molecule has 2 heterocycles. The minimum absolute atomic E-state index is 0.469. The molecule has 2 aromatic rings. The van der Waals surface area contributed by atoms with Crippen LogP contribution in [0.5, 0.6) is 0 Å². The average molecular weight is 190 g/mol. The van der Waals surface area contributed by atoms with Crippen LogP contribution in [0.3, 0.4) is 0 Å². The molecule has 1 N–H and O–H groups in total. The molecule has 4 heteroatoms. The van der Waals surface area contributed by atoms with Gasteiger partial charge in [-0.2, -0.15) is 0 Å². The second kappa shape index (κ2) is 3.59. The summed E-state index contributed by atoms with van der Waals surface area (Å²) in [4.78, 5) is 7.95. The number of rotatable bonds is 2. The summed E-state index contributed by atoms with van der Waals surface area (Å²) in [5, 5.41) is 9.24. The van der Waals surface area contributed by atoms with Crippen LogP contribution in [0, 0.1) is 0 Å². The van der Waals surface area contributed by atoms with Gasteiger partial charge in [0, 0.05) is 18.0 Å². The molecule has 0 aliphatic carbocycles. The molecule has 2 aromatic heterocycles. The highest BCUT2D eigenvalue weighted by Gasteiger charge is 2.09. The summed E-state index contributed by atoms with van der Waals surface area (Å²) in [6.45, 7) is 1.64. The molecule has 1 atom stereocenters. The lowest BCUT2D eigenvalue weighted by atomic mass is 10.3. The number of aliphatic hydroxyl groups is 1. The molecule has 0 aliphatic heterocycles. The molecule has 14 heavy (non-hydrogen) atoms. The van der Waals surface area contributed by atoms with E-state index in [0.717, 1.165) is 5.56 Å². The summed E-state index contributed by atoms with van der Waals surface area (Å²) >= 11 is 0. The van der Waals surface area contributed by atoms with Gasteiger partial charge in [0.2, 0.25) is 5.89 Å². The number of aliphatic hydroxyl groups excluding tert-OH is 1. The Kier molecular flexibility index (Phi) is 2.28. The van der Waals surface area contributed by atoms with Crippen LogP contribution in [0.25, 0.3) is 11.5 Å². The summed E-state index contributed by atoms with van der Waals surface area (Å²) in [5.74, 6) is 0.972. The monoisotopic (exact) mass is 190 g/mol. The first-order valence-electron chi connectivity index (χ1n) is 4.31. The quantitative estimate of drug-likeness (QED) is 0.784. The number of hydrogen-bond donors (Lipinski definition) is 1. The van der Waals surface area contributed by atoms with E-state index in [-0.39, 0.29) is 0 Å². The van der Waals surface area contributed by atoms with E-state index in [4.69, 9.17) is 4.42 Å². The van der Waals surface area contributed by atoms with Crippen molar-refractivity contribution in [3.05, 3.63) is 36.5 Å².